The summed E-state index contributed by atoms with van der Waals surface area (Å²) in [6, 6.07) is 7.59. The number of nitrogens with one attached hydrogen (secondary N) is 1. The number of hydrogen-bond acceptors (Lipinski definition) is 2. The van der Waals surface area contributed by atoms with E-state index in [1.165, 1.54) is 0 Å². The van der Waals surface area contributed by atoms with Crippen molar-refractivity contribution in [2.24, 2.45) is 0 Å². The lowest BCUT2D eigenvalue weighted by Gasteiger charge is -2.17. The maximum absolute atomic E-state index is 11.9. The Morgan fingerprint density at radius 3 is 2.50 bits per heavy atom. The van der Waals surface area contributed by atoms with Crippen LogP contribution >= 0.6 is 0 Å². The van der Waals surface area contributed by atoms with Crippen molar-refractivity contribution in [2.75, 3.05) is 6.61 Å². The number of hydrogen-bond donors (Lipinski definition) is 2. The molecule has 0 aliphatic rings. The van der Waals surface area contributed by atoms with Crippen molar-refractivity contribution in [2.45, 2.75) is 12.7 Å². The summed E-state index contributed by atoms with van der Waals surface area (Å²) in [5, 5.41) is 10.7. The first kappa shape index (κ1) is 12.4. The fourth-order valence-corrected chi connectivity index (χ4v) is 1.22. The summed E-state index contributed by atoms with van der Waals surface area (Å²) in [6.45, 7) is -3.32. The third-order valence-corrected chi connectivity index (χ3v) is 1.89. The minimum Gasteiger partial charge on any atom is -0.465 e. The Morgan fingerprint density at radius 2 is 2.00 bits per heavy atom. The molecule has 0 unspecified atom stereocenters. The van der Waals surface area contributed by atoms with E-state index in [0.29, 0.717) is 5.56 Å². The molecule has 1 atom stereocenters. The van der Waals surface area contributed by atoms with Crippen molar-refractivity contribution in [3.05, 3.63) is 35.9 Å². The molecule has 2 N–H and O–H groups in total. The van der Waals surface area contributed by atoms with E-state index in [4.69, 9.17) is 5.11 Å². The molecule has 1 rings (SSSR count). The van der Waals surface area contributed by atoms with Gasteiger partial charge in [0.15, 0.2) is 0 Å². The number of amides is 1. The van der Waals surface area contributed by atoms with Gasteiger partial charge >= 0.3 is 12.7 Å². The van der Waals surface area contributed by atoms with Crippen LogP contribution in [0.5, 0.6) is 0 Å². The van der Waals surface area contributed by atoms with E-state index in [0.717, 1.165) is 0 Å². The van der Waals surface area contributed by atoms with Gasteiger partial charge in [0.25, 0.3) is 0 Å². The van der Waals surface area contributed by atoms with Crippen molar-refractivity contribution < 1.29 is 23.4 Å². The second kappa shape index (κ2) is 6.02. The van der Waals surface area contributed by atoms with Crippen LogP contribution in [0.25, 0.3) is 0 Å². The average Bonchev–Trinajstić information content (AvgIpc) is 2.25. The molecule has 0 bridgehead atoms. The maximum atomic E-state index is 11.9. The van der Waals surface area contributed by atoms with Gasteiger partial charge in [0.05, 0.1) is 12.6 Å². The van der Waals surface area contributed by atoms with Gasteiger partial charge in [0.2, 0.25) is 0 Å². The van der Waals surface area contributed by atoms with Crippen LogP contribution in [0.1, 0.15) is 11.6 Å². The van der Waals surface area contributed by atoms with Gasteiger partial charge < -0.3 is 15.2 Å². The van der Waals surface area contributed by atoms with E-state index in [-0.39, 0.29) is 0 Å². The fourth-order valence-electron chi connectivity index (χ4n) is 1.22. The van der Waals surface area contributed by atoms with Gasteiger partial charge in [-0.2, -0.15) is 8.78 Å². The molecule has 0 radical (unpaired) electrons. The summed E-state index contributed by atoms with van der Waals surface area (Å²) in [7, 11) is 0. The van der Waals surface area contributed by atoms with Gasteiger partial charge in [-0.3, -0.25) is 0 Å². The summed E-state index contributed by atoms with van der Waals surface area (Å²) in [5.74, 6) is 0. The van der Waals surface area contributed by atoms with Crippen LogP contribution in [0.4, 0.5) is 13.6 Å². The molecule has 0 fully saturated rings. The Balaban J connectivity index is 2.67. The Morgan fingerprint density at radius 1 is 1.38 bits per heavy atom. The Bertz CT molecular complexity index is 332. The molecule has 0 aliphatic heterocycles. The molecule has 16 heavy (non-hydrogen) atoms. The zero-order chi connectivity index (χ0) is 12.0. The second-order valence-electron chi connectivity index (χ2n) is 3.01. The number of carboxylic acid groups (broad SMARTS) is 1. The van der Waals surface area contributed by atoms with E-state index in [1.54, 1.807) is 30.3 Å². The third kappa shape index (κ3) is 4.22. The molecule has 0 spiro atoms. The quantitative estimate of drug-likeness (QED) is 0.816. The maximum Gasteiger partial charge on any atom is 0.405 e. The minimum atomic E-state index is -2.91. The third-order valence-electron chi connectivity index (χ3n) is 1.89. The molecule has 1 aromatic carbocycles. The standard InChI is InChI=1S/C10H11F2NO3/c11-9(12)16-6-8(13-10(14)15)7-4-2-1-3-5-7/h1-5,8-9,13H,6H2,(H,14,15)/t8-/m1/s1. The van der Waals surface area contributed by atoms with Crippen LogP contribution in [0, 0.1) is 0 Å². The summed E-state index contributed by atoms with van der Waals surface area (Å²) < 4.78 is 27.8. The molecule has 0 heterocycles. The SMILES string of the molecule is O=C(O)N[C@H](COC(F)F)c1ccccc1. The molecule has 4 nitrogen and oxygen atoms in total. The topological polar surface area (TPSA) is 58.6 Å². The van der Waals surface area contributed by atoms with Crippen molar-refractivity contribution in [3.8, 4) is 0 Å². The fraction of sp³-hybridized carbons (Fsp3) is 0.300. The second-order valence-corrected chi connectivity index (χ2v) is 3.01. The zero-order valence-electron chi connectivity index (χ0n) is 8.27. The summed E-state index contributed by atoms with van der Waals surface area (Å²) in [4.78, 5) is 10.5. The first-order chi connectivity index (χ1) is 7.59. The van der Waals surface area contributed by atoms with Gasteiger partial charge in [-0.05, 0) is 5.56 Å². The summed E-state index contributed by atoms with van der Waals surface area (Å²) in [6.07, 6.45) is -1.29. The summed E-state index contributed by atoms with van der Waals surface area (Å²) in [5.41, 5.74) is 0.575. The van der Waals surface area contributed by atoms with E-state index in [2.05, 4.69) is 10.1 Å². The highest BCUT2D eigenvalue weighted by Gasteiger charge is 2.16. The largest absolute Gasteiger partial charge is 0.465 e. The molecule has 1 aromatic rings. The van der Waals surface area contributed by atoms with Crippen LogP contribution in [0.15, 0.2) is 30.3 Å². The first-order valence-electron chi connectivity index (χ1n) is 4.53. The Kier molecular flexibility index (Phi) is 4.65. The molecule has 88 valence electrons. The lowest BCUT2D eigenvalue weighted by atomic mass is 10.1. The van der Waals surface area contributed by atoms with Crippen LogP contribution in [-0.4, -0.2) is 24.4 Å². The Labute approximate surface area is 90.8 Å². The highest BCUT2D eigenvalue weighted by Crippen LogP contribution is 2.14. The number of rotatable bonds is 5. The van der Waals surface area contributed by atoms with Crippen LogP contribution in [0.2, 0.25) is 0 Å². The van der Waals surface area contributed by atoms with E-state index < -0.39 is 25.4 Å². The van der Waals surface area contributed by atoms with Crippen LogP contribution < -0.4 is 5.32 Å². The van der Waals surface area contributed by atoms with Crippen molar-refractivity contribution in [1.29, 1.82) is 0 Å². The number of ether oxygens (including phenoxy) is 1. The number of benzene rings is 1. The van der Waals surface area contributed by atoms with Gasteiger partial charge in [0.1, 0.15) is 0 Å². The van der Waals surface area contributed by atoms with Crippen molar-refractivity contribution >= 4 is 6.09 Å². The normalized spacial score (nSPS) is 12.4. The highest BCUT2D eigenvalue weighted by molar-refractivity contribution is 5.65. The molecular weight excluding hydrogens is 220 g/mol. The van der Waals surface area contributed by atoms with Gasteiger partial charge in [-0.25, -0.2) is 4.79 Å². The van der Waals surface area contributed by atoms with E-state index in [1.807, 2.05) is 0 Å². The van der Waals surface area contributed by atoms with Gasteiger partial charge in [0, 0.05) is 0 Å². The first-order valence-corrected chi connectivity index (χ1v) is 4.53. The number of alkyl halides is 2. The Hall–Kier alpha value is -1.69. The van der Waals surface area contributed by atoms with Crippen LogP contribution in [0.3, 0.4) is 0 Å². The van der Waals surface area contributed by atoms with E-state index in [9.17, 15) is 13.6 Å². The molecule has 1 amide bonds. The number of carbonyl (C=O) groups is 1. The lowest BCUT2D eigenvalue weighted by molar-refractivity contribution is -0.133. The van der Waals surface area contributed by atoms with Crippen LogP contribution in [-0.2, 0) is 4.74 Å². The molecule has 0 saturated carbocycles. The molecular formula is C10H11F2NO3. The summed E-state index contributed by atoms with van der Waals surface area (Å²) >= 11 is 0. The predicted octanol–water partition coefficient (Wildman–Crippen LogP) is 2.23. The van der Waals surface area contributed by atoms with E-state index >= 15 is 0 Å². The minimum absolute atomic E-state index is 0.409. The highest BCUT2D eigenvalue weighted by atomic mass is 19.3. The predicted molar refractivity (Wildman–Crippen MR) is 52.3 cm³/mol. The zero-order valence-corrected chi connectivity index (χ0v) is 8.27. The molecule has 0 saturated heterocycles. The monoisotopic (exact) mass is 231 g/mol. The lowest BCUT2D eigenvalue weighted by Crippen LogP contribution is -2.30. The smallest absolute Gasteiger partial charge is 0.405 e. The van der Waals surface area contributed by atoms with Gasteiger partial charge in [-0.15, -0.1) is 0 Å². The molecule has 6 heteroatoms. The van der Waals surface area contributed by atoms with Crippen molar-refractivity contribution in [3.63, 3.8) is 0 Å². The average molecular weight is 231 g/mol. The van der Waals surface area contributed by atoms with Crippen molar-refractivity contribution in [1.82, 2.24) is 5.32 Å². The van der Waals surface area contributed by atoms with Gasteiger partial charge in [-0.1, -0.05) is 30.3 Å². The number of halogens is 2. The molecule has 0 aromatic heterocycles. The molecule has 0 aliphatic carbocycles.